The fourth-order valence-electron chi connectivity index (χ4n) is 4.69. The molecule has 0 radical (unpaired) electrons. The van der Waals surface area contributed by atoms with Gasteiger partial charge in [0, 0.05) is 0 Å². The minimum absolute atomic E-state index is 0.489. The van der Waals surface area contributed by atoms with Crippen LogP contribution in [0.5, 0.6) is 0 Å². The Morgan fingerprint density at radius 1 is 1.05 bits per heavy atom. The maximum atomic E-state index is 5.84. The zero-order chi connectivity index (χ0) is 14.3. The van der Waals surface area contributed by atoms with Crippen molar-refractivity contribution in [3.63, 3.8) is 0 Å². The molecule has 0 amide bonds. The first-order valence-corrected chi connectivity index (χ1v) is 8.98. The van der Waals surface area contributed by atoms with Gasteiger partial charge in [-0.15, -0.1) is 6.58 Å². The maximum absolute atomic E-state index is 5.84. The second-order valence-electron chi connectivity index (χ2n) is 7.29. The summed E-state index contributed by atoms with van der Waals surface area (Å²) in [5.41, 5.74) is 0.489. The Kier molecular flexibility index (Phi) is 6.61. The standard InChI is InChI=1S/C19H34O/c1-3-12-19(16-20-15-4-2)13-10-18(11-14-19)17-8-6-5-7-9-17/h4,17-18H,2-3,5-16H2,1H3/t18-,19+. The Bertz CT molecular complexity index is 269. The van der Waals surface area contributed by atoms with Crippen molar-refractivity contribution in [1.29, 1.82) is 0 Å². The summed E-state index contributed by atoms with van der Waals surface area (Å²) in [6, 6.07) is 0. The zero-order valence-electron chi connectivity index (χ0n) is 13.5. The van der Waals surface area contributed by atoms with Crippen LogP contribution in [-0.4, -0.2) is 13.2 Å². The summed E-state index contributed by atoms with van der Waals surface area (Å²) in [6.45, 7) is 7.76. The molecule has 0 atom stereocenters. The van der Waals surface area contributed by atoms with Gasteiger partial charge in [0.25, 0.3) is 0 Å². The van der Waals surface area contributed by atoms with Crippen molar-refractivity contribution in [1.82, 2.24) is 0 Å². The Morgan fingerprint density at radius 2 is 1.70 bits per heavy atom. The Balaban J connectivity index is 1.83. The topological polar surface area (TPSA) is 9.23 Å². The molecule has 0 unspecified atom stereocenters. The van der Waals surface area contributed by atoms with E-state index in [-0.39, 0.29) is 0 Å². The molecule has 0 saturated heterocycles. The van der Waals surface area contributed by atoms with Gasteiger partial charge in [0.2, 0.25) is 0 Å². The lowest BCUT2D eigenvalue weighted by atomic mass is 9.64. The van der Waals surface area contributed by atoms with Gasteiger partial charge in [-0.1, -0.05) is 51.5 Å². The molecule has 2 aliphatic rings. The lowest BCUT2D eigenvalue weighted by Gasteiger charge is -2.43. The van der Waals surface area contributed by atoms with Crippen LogP contribution in [0.15, 0.2) is 12.7 Å². The van der Waals surface area contributed by atoms with Crippen LogP contribution in [0.25, 0.3) is 0 Å². The SMILES string of the molecule is C=CCOC[C@]1(CCC)CC[C@H](C2CCCCC2)CC1. The summed E-state index contributed by atoms with van der Waals surface area (Å²) in [7, 11) is 0. The van der Waals surface area contributed by atoms with E-state index in [2.05, 4.69) is 13.5 Å². The Morgan fingerprint density at radius 3 is 2.30 bits per heavy atom. The van der Waals surface area contributed by atoms with Crippen LogP contribution in [0.1, 0.15) is 77.6 Å². The lowest BCUT2D eigenvalue weighted by Crippen LogP contribution is -2.34. The van der Waals surface area contributed by atoms with E-state index in [1.54, 1.807) is 0 Å². The van der Waals surface area contributed by atoms with E-state index < -0.39 is 0 Å². The molecule has 2 saturated carbocycles. The predicted octanol–water partition coefficient (Wildman–Crippen LogP) is 5.75. The molecule has 0 aromatic rings. The van der Waals surface area contributed by atoms with Crippen molar-refractivity contribution in [2.24, 2.45) is 17.3 Å². The van der Waals surface area contributed by atoms with E-state index in [1.807, 2.05) is 6.08 Å². The molecule has 2 rings (SSSR count). The van der Waals surface area contributed by atoms with Gasteiger partial charge in [-0.25, -0.2) is 0 Å². The van der Waals surface area contributed by atoms with Gasteiger partial charge in [-0.2, -0.15) is 0 Å². The molecule has 1 heteroatoms. The van der Waals surface area contributed by atoms with Crippen LogP contribution in [0, 0.1) is 17.3 Å². The van der Waals surface area contributed by atoms with E-state index in [1.165, 1.54) is 70.6 Å². The molecule has 116 valence electrons. The fourth-order valence-corrected chi connectivity index (χ4v) is 4.69. The van der Waals surface area contributed by atoms with Crippen LogP contribution in [0.4, 0.5) is 0 Å². The van der Waals surface area contributed by atoms with Crippen LogP contribution < -0.4 is 0 Å². The molecule has 2 fully saturated rings. The minimum atomic E-state index is 0.489. The van der Waals surface area contributed by atoms with Crippen LogP contribution in [-0.2, 0) is 4.74 Å². The van der Waals surface area contributed by atoms with Gasteiger partial charge < -0.3 is 4.74 Å². The van der Waals surface area contributed by atoms with Crippen LogP contribution >= 0.6 is 0 Å². The minimum Gasteiger partial charge on any atom is -0.377 e. The quantitative estimate of drug-likeness (QED) is 0.426. The predicted molar refractivity (Wildman–Crippen MR) is 86.9 cm³/mol. The third-order valence-electron chi connectivity index (χ3n) is 5.83. The summed E-state index contributed by atoms with van der Waals surface area (Å²) >= 11 is 0. The molecule has 0 bridgehead atoms. The zero-order valence-corrected chi connectivity index (χ0v) is 13.5. The number of ether oxygens (including phenoxy) is 1. The van der Waals surface area contributed by atoms with Crippen molar-refractivity contribution in [2.75, 3.05) is 13.2 Å². The van der Waals surface area contributed by atoms with E-state index >= 15 is 0 Å². The molecule has 0 aromatic carbocycles. The van der Waals surface area contributed by atoms with Crippen molar-refractivity contribution in [3.05, 3.63) is 12.7 Å². The summed E-state index contributed by atoms with van der Waals surface area (Å²) in [4.78, 5) is 0. The second kappa shape index (κ2) is 8.22. The highest BCUT2D eigenvalue weighted by Crippen LogP contribution is 2.47. The maximum Gasteiger partial charge on any atom is 0.0645 e. The Labute approximate surface area is 126 Å². The molecule has 0 N–H and O–H groups in total. The molecule has 0 spiro atoms. The smallest absolute Gasteiger partial charge is 0.0645 e. The highest BCUT2D eigenvalue weighted by molar-refractivity contribution is 4.88. The number of rotatable bonds is 7. The first-order valence-electron chi connectivity index (χ1n) is 8.98. The normalized spacial score (nSPS) is 32.1. The molecule has 0 aliphatic heterocycles. The van der Waals surface area contributed by atoms with Gasteiger partial charge in [-0.05, 0) is 49.4 Å². The van der Waals surface area contributed by atoms with Crippen molar-refractivity contribution in [2.45, 2.75) is 77.6 Å². The number of hydrogen-bond acceptors (Lipinski definition) is 1. The summed E-state index contributed by atoms with van der Waals surface area (Å²) < 4.78 is 5.84. The van der Waals surface area contributed by atoms with E-state index in [9.17, 15) is 0 Å². The molecule has 1 nitrogen and oxygen atoms in total. The number of hydrogen-bond donors (Lipinski definition) is 0. The van der Waals surface area contributed by atoms with Crippen molar-refractivity contribution >= 4 is 0 Å². The van der Waals surface area contributed by atoms with Crippen molar-refractivity contribution in [3.8, 4) is 0 Å². The first kappa shape index (κ1) is 16.1. The van der Waals surface area contributed by atoms with E-state index in [0.717, 1.165) is 25.0 Å². The average Bonchev–Trinajstić information content (AvgIpc) is 2.50. The summed E-state index contributed by atoms with van der Waals surface area (Å²) in [5.74, 6) is 2.08. The lowest BCUT2D eigenvalue weighted by molar-refractivity contribution is 0.00455. The monoisotopic (exact) mass is 278 g/mol. The third kappa shape index (κ3) is 4.35. The fraction of sp³-hybridized carbons (Fsp3) is 0.895. The van der Waals surface area contributed by atoms with Crippen LogP contribution in [0.3, 0.4) is 0 Å². The van der Waals surface area contributed by atoms with Gasteiger partial charge in [0.05, 0.1) is 13.2 Å². The van der Waals surface area contributed by atoms with Gasteiger partial charge in [-0.3, -0.25) is 0 Å². The van der Waals surface area contributed by atoms with Gasteiger partial charge in [0.1, 0.15) is 0 Å². The van der Waals surface area contributed by atoms with Crippen molar-refractivity contribution < 1.29 is 4.74 Å². The first-order chi connectivity index (χ1) is 9.79. The molecular weight excluding hydrogens is 244 g/mol. The highest BCUT2D eigenvalue weighted by atomic mass is 16.5. The third-order valence-corrected chi connectivity index (χ3v) is 5.83. The van der Waals surface area contributed by atoms with Gasteiger partial charge >= 0.3 is 0 Å². The molecule has 2 aliphatic carbocycles. The summed E-state index contributed by atoms with van der Waals surface area (Å²) in [5, 5.41) is 0. The van der Waals surface area contributed by atoms with Crippen LogP contribution in [0.2, 0.25) is 0 Å². The van der Waals surface area contributed by atoms with E-state index in [4.69, 9.17) is 4.74 Å². The molecule has 20 heavy (non-hydrogen) atoms. The molecular formula is C19H34O. The van der Waals surface area contributed by atoms with E-state index in [0.29, 0.717) is 5.41 Å². The largest absolute Gasteiger partial charge is 0.377 e. The highest BCUT2D eigenvalue weighted by Gasteiger charge is 2.37. The van der Waals surface area contributed by atoms with Gasteiger partial charge in [0.15, 0.2) is 0 Å². The average molecular weight is 278 g/mol. The molecule has 0 heterocycles. The Hall–Kier alpha value is -0.300. The molecule has 0 aromatic heterocycles. The summed E-state index contributed by atoms with van der Waals surface area (Å²) in [6.07, 6.45) is 17.7. The second-order valence-corrected chi connectivity index (χ2v) is 7.29.